The Balaban J connectivity index is 2.09. The van der Waals surface area contributed by atoms with Crippen molar-refractivity contribution in [1.82, 2.24) is 14.8 Å². The molecule has 1 saturated heterocycles. The second-order valence-corrected chi connectivity index (χ2v) is 7.16. The van der Waals surface area contributed by atoms with E-state index < -0.39 is 6.04 Å². The van der Waals surface area contributed by atoms with Crippen molar-refractivity contribution in [3.8, 4) is 0 Å². The molecule has 8 heteroatoms. The van der Waals surface area contributed by atoms with E-state index in [-0.39, 0.29) is 30.6 Å². The van der Waals surface area contributed by atoms with Gasteiger partial charge in [0.1, 0.15) is 6.04 Å². The molecule has 0 spiro atoms. The van der Waals surface area contributed by atoms with Gasteiger partial charge in [0.2, 0.25) is 11.9 Å². The quantitative estimate of drug-likeness (QED) is 0.568. The molecular weight excluding hydrogens is 320 g/mol. The maximum absolute atomic E-state index is 13.1. The van der Waals surface area contributed by atoms with E-state index in [9.17, 15) is 9.59 Å². The Morgan fingerprint density at radius 2 is 2.00 bits per heavy atom. The summed E-state index contributed by atoms with van der Waals surface area (Å²) in [5, 5.41) is 6.44. The highest BCUT2D eigenvalue weighted by molar-refractivity contribution is 6.23. The van der Waals surface area contributed by atoms with Crippen molar-refractivity contribution >= 4 is 29.4 Å². The number of guanidine groups is 1. The van der Waals surface area contributed by atoms with Crippen LogP contribution in [0.1, 0.15) is 34.6 Å². The average Bonchev–Trinajstić information content (AvgIpc) is 2.93. The first-order valence-electron chi connectivity index (χ1n) is 8.46. The number of fused-ring (bicyclic) bond motifs is 2. The molecule has 0 bridgehead atoms. The number of hydrazone groups is 1. The van der Waals surface area contributed by atoms with E-state index in [0.29, 0.717) is 11.8 Å². The number of aliphatic imine (C=N–C) groups is 1. The summed E-state index contributed by atoms with van der Waals surface area (Å²) in [6, 6.07) is -0.968. The number of carbonyl (C=O) groups excluding carboxylic acids is 2. The number of rotatable bonds is 3. The Bertz CT molecular complexity index is 763. The van der Waals surface area contributed by atoms with Crippen molar-refractivity contribution in [3.63, 3.8) is 0 Å². The maximum Gasteiger partial charge on any atom is 0.417 e. The molecule has 2 unspecified atom stereocenters. The van der Waals surface area contributed by atoms with Crippen molar-refractivity contribution in [2.75, 3.05) is 13.6 Å². The molecule has 2 atom stereocenters. The summed E-state index contributed by atoms with van der Waals surface area (Å²) in [4.78, 5) is 33.1. The molecule has 25 heavy (non-hydrogen) atoms. The van der Waals surface area contributed by atoms with Crippen LogP contribution in [0.5, 0.6) is 0 Å². The molecule has 0 N–H and O–H groups in total. The SMILES string of the molecule is C=C(C)CN1C(=O)C2C(=NC3=[N+]2C(C)C(C)=NN3C(C)C)N(C)C1=O. The van der Waals surface area contributed by atoms with Crippen molar-refractivity contribution in [2.45, 2.75) is 52.7 Å². The molecule has 134 valence electrons. The standard InChI is InChI=1S/C17H25N6O2/c1-9(2)8-21-15(24)13-14(20(7)17(21)25)18-16-22(13)12(6)11(5)19-23(16)10(3)4/h10,12-13H,1,8H2,2-7H3/q+1. The van der Waals surface area contributed by atoms with Crippen molar-refractivity contribution in [2.24, 2.45) is 10.1 Å². The molecular formula is C17H25N6O2+. The predicted molar refractivity (Wildman–Crippen MR) is 95.7 cm³/mol. The van der Waals surface area contributed by atoms with Gasteiger partial charge in [0, 0.05) is 7.05 Å². The van der Waals surface area contributed by atoms with Gasteiger partial charge in [-0.3, -0.25) is 14.6 Å². The molecule has 0 aliphatic carbocycles. The second-order valence-electron chi connectivity index (χ2n) is 7.16. The normalized spacial score (nSPS) is 26.1. The highest BCUT2D eigenvalue weighted by Gasteiger charge is 2.56. The number of amides is 3. The average molecular weight is 345 g/mol. The first-order chi connectivity index (χ1) is 11.6. The molecule has 0 aromatic heterocycles. The van der Waals surface area contributed by atoms with Crippen LogP contribution < -0.4 is 0 Å². The Morgan fingerprint density at radius 3 is 2.56 bits per heavy atom. The third kappa shape index (κ3) is 2.47. The second kappa shape index (κ2) is 5.79. The fourth-order valence-corrected chi connectivity index (χ4v) is 3.30. The number of likely N-dealkylation sites (N-methyl/N-ethyl adjacent to an activating group) is 1. The monoisotopic (exact) mass is 345 g/mol. The summed E-state index contributed by atoms with van der Waals surface area (Å²) in [5.41, 5.74) is 1.67. The third-order valence-corrected chi connectivity index (χ3v) is 4.74. The van der Waals surface area contributed by atoms with E-state index in [1.165, 1.54) is 9.80 Å². The smallest absolute Gasteiger partial charge is 0.270 e. The molecule has 1 fully saturated rings. The molecule has 0 aromatic carbocycles. The fraction of sp³-hybridized carbons (Fsp3) is 0.588. The predicted octanol–water partition coefficient (Wildman–Crippen LogP) is 1.09. The molecule has 0 radical (unpaired) electrons. The van der Waals surface area contributed by atoms with Gasteiger partial charge in [0.25, 0.3) is 5.91 Å². The Morgan fingerprint density at radius 1 is 1.36 bits per heavy atom. The van der Waals surface area contributed by atoms with Crippen LogP contribution in [0.25, 0.3) is 0 Å². The number of urea groups is 1. The largest absolute Gasteiger partial charge is 0.417 e. The van der Waals surface area contributed by atoms with Crippen LogP contribution in [0.3, 0.4) is 0 Å². The Labute approximate surface area is 147 Å². The zero-order chi connectivity index (χ0) is 18.6. The summed E-state index contributed by atoms with van der Waals surface area (Å²) in [5.74, 6) is 0.828. The zero-order valence-corrected chi connectivity index (χ0v) is 15.6. The molecule has 3 aliphatic heterocycles. The van der Waals surface area contributed by atoms with Crippen LogP contribution in [-0.2, 0) is 4.79 Å². The molecule has 3 heterocycles. The van der Waals surface area contributed by atoms with Gasteiger partial charge in [-0.15, -0.1) is 10.1 Å². The van der Waals surface area contributed by atoms with Crippen LogP contribution >= 0.6 is 0 Å². The topological polar surface area (TPSA) is 71.6 Å². The number of carbonyl (C=O) groups is 2. The summed E-state index contributed by atoms with van der Waals surface area (Å²) in [7, 11) is 1.66. The van der Waals surface area contributed by atoms with Gasteiger partial charge in [-0.2, -0.15) is 0 Å². The molecule has 0 saturated carbocycles. The van der Waals surface area contributed by atoms with E-state index in [1.807, 2.05) is 37.3 Å². The molecule has 3 amide bonds. The van der Waals surface area contributed by atoms with Crippen LogP contribution in [0.2, 0.25) is 0 Å². The highest BCUT2D eigenvalue weighted by atomic mass is 16.2. The van der Waals surface area contributed by atoms with Gasteiger partial charge in [-0.05, 0) is 34.6 Å². The first kappa shape index (κ1) is 17.3. The maximum atomic E-state index is 13.1. The fourth-order valence-electron chi connectivity index (χ4n) is 3.30. The highest BCUT2D eigenvalue weighted by Crippen LogP contribution is 2.26. The van der Waals surface area contributed by atoms with E-state index in [1.54, 1.807) is 14.0 Å². The molecule has 3 rings (SSSR count). The van der Waals surface area contributed by atoms with Gasteiger partial charge in [0.15, 0.2) is 0 Å². The van der Waals surface area contributed by atoms with Crippen LogP contribution in [0.4, 0.5) is 4.79 Å². The van der Waals surface area contributed by atoms with Gasteiger partial charge < -0.3 is 0 Å². The molecule has 8 nitrogen and oxygen atoms in total. The van der Waals surface area contributed by atoms with Crippen molar-refractivity contribution < 1.29 is 14.2 Å². The lowest BCUT2D eigenvalue weighted by molar-refractivity contribution is -0.559. The Hall–Kier alpha value is -2.51. The Kier molecular flexibility index (Phi) is 4.01. The number of nitrogens with zero attached hydrogens (tertiary/aromatic N) is 6. The lowest BCUT2D eigenvalue weighted by Gasteiger charge is -2.35. The number of hydrogen-bond acceptors (Lipinski definition) is 5. The van der Waals surface area contributed by atoms with E-state index >= 15 is 0 Å². The summed E-state index contributed by atoms with van der Waals surface area (Å²) < 4.78 is 1.97. The summed E-state index contributed by atoms with van der Waals surface area (Å²) >= 11 is 0. The third-order valence-electron chi connectivity index (χ3n) is 4.74. The van der Waals surface area contributed by atoms with Gasteiger partial charge in [0.05, 0.1) is 18.3 Å². The van der Waals surface area contributed by atoms with E-state index in [4.69, 9.17) is 0 Å². The van der Waals surface area contributed by atoms with E-state index in [0.717, 1.165) is 11.3 Å². The van der Waals surface area contributed by atoms with E-state index in [2.05, 4.69) is 16.7 Å². The van der Waals surface area contributed by atoms with Gasteiger partial charge in [-0.25, -0.2) is 9.37 Å². The van der Waals surface area contributed by atoms with Crippen LogP contribution in [0.15, 0.2) is 22.2 Å². The first-order valence-corrected chi connectivity index (χ1v) is 8.46. The molecule has 0 aromatic rings. The molecule has 3 aliphatic rings. The van der Waals surface area contributed by atoms with Crippen LogP contribution in [0, 0.1) is 0 Å². The zero-order valence-electron chi connectivity index (χ0n) is 15.6. The van der Waals surface area contributed by atoms with Crippen molar-refractivity contribution in [1.29, 1.82) is 0 Å². The minimum absolute atomic E-state index is 0.0755. The number of imide groups is 1. The minimum atomic E-state index is -0.612. The summed E-state index contributed by atoms with van der Waals surface area (Å²) in [6.07, 6.45) is 0. The van der Waals surface area contributed by atoms with Crippen molar-refractivity contribution in [3.05, 3.63) is 12.2 Å². The lowest BCUT2D eigenvalue weighted by atomic mass is 10.1. The lowest BCUT2D eigenvalue weighted by Crippen LogP contribution is -2.64. The minimum Gasteiger partial charge on any atom is -0.270 e. The van der Waals surface area contributed by atoms with Gasteiger partial charge >= 0.3 is 12.0 Å². The summed E-state index contributed by atoms with van der Waals surface area (Å²) in [6.45, 7) is 13.8. The van der Waals surface area contributed by atoms with Crippen LogP contribution in [-0.4, -0.2) is 80.5 Å². The number of amidine groups is 1. The van der Waals surface area contributed by atoms with Gasteiger partial charge in [-0.1, -0.05) is 17.1 Å². The number of hydrogen-bond donors (Lipinski definition) is 0.